The van der Waals surface area contributed by atoms with Crippen molar-refractivity contribution >= 4 is 0 Å². The Labute approximate surface area is 80.5 Å². The molecule has 1 aliphatic heterocycles. The van der Waals surface area contributed by atoms with E-state index in [1.165, 1.54) is 45.3 Å². The van der Waals surface area contributed by atoms with Crippen LogP contribution in [0.2, 0.25) is 0 Å². The molecule has 0 aromatic carbocycles. The van der Waals surface area contributed by atoms with Gasteiger partial charge in [-0.1, -0.05) is 0 Å². The molecule has 2 heteroatoms. The van der Waals surface area contributed by atoms with E-state index in [1.54, 1.807) is 0 Å². The van der Waals surface area contributed by atoms with Gasteiger partial charge < -0.3 is 4.90 Å². The molecule has 1 atom stereocenters. The standard InChI is InChI=1S/C11H18N2/c12-6-5-10-2-1-7-13(8-10)9-11-3-4-11/h10-11H,1-5,7-9H2. The Bertz CT molecular complexity index is 203. The summed E-state index contributed by atoms with van der Waals surface area (Å²) in [6, 6.07) is 2.30. The Balaban J connectivity index is 1.74. The zero-order chi connectivity index (χ0) is 9.10. The van der Waals surface area contributed by atoms with Crippen molar-refractivity contribution in [2.45, 2.75) is 32.1 Å². The second kappa shape index (κ2) is 4.11. The molecule has 0 N–H and O–H groups in total. The van der Waals surface area contributed by atoms with E-state index in [4.69, 9.17) is 5.26 Å². The maximum atomic E-state index is 8.63. The Kier molecular flexibility index (Phi) is 2.85. The van der Waals surface area contributed by atoms with E-state index in [0.717, 1.165) is 12.3 Å². The number of rotatable bonds is 3. The van der Waals surface area contributed by atoms with Crippen LogP contribution >= 0.6 is 0 Å². The average Bonchev–Trinajstić information content (AvgIpc) is 2.90. The topological polar surface area (TPSA) is 27.0 Å². The van der Waals surface area contributed by atoms with Crippen molar-refractivity contribution in [1.29, 1.82) is 5.26 Å². The van der Waals surface area contributed by atoms with Crippen LogP contribution in [-0.2, 0) is 0 Å². The summed E-state index contributed by atoms with van der Waals surface area (Å²) >= 11 is 0. The number of nitriles is 1. The molecule has 0 bridgehead atoms. The molecule has 0 spiro atoms. The van der Waals surface area contributed by atoms with Gasteiger partial charge in [0.25, 0.3) is 0 Å². The van der Waals surface area contributed by atoms with Gasteiger partial charge in [-0.25, -0.2) is 0 Å². The molecule has 1 saturated heterocycles. The fraction of sp³-hybridized carbons (Fsp3) is 0.909. The van der Waals surface area contributed by atoms with Crippen molar-refractivity contribution in [3.63, 3.8) is 0 Å². The van der Waals surface area contributed by atoms with Crippen LogP contribution in [0.3, 0.4) is 0 Å². The molecule has 1 saturated carbocycles. The number of hydrogen-bond donors (Lipinski definition) is 0. The van der Waals surface area contributed by atoms with Gasteiger partial charge in [0.2, 0.25) is 0 Å². The Hall–Kier alpha value is -0.550. The molecular formula is C11H18N2. The third kappa shape index (κ3) is 2.70. The van der Waals surface area contributed by atoms with E-state index in [-0.39, 0.29) is 0 Å². The fourth-order valence-electron chi connectivity index (χ4n) is 2.28. The third-order valence-electron chi connectivity index (χ3n) is 3.20. The normalized spacial score (nSPS) is 29.9. The van der Waals surface area contributed by atoms with Crippen LogP contribution in [0.5, 0.6) is 0 Å². The van der Waals surface area contributed by atoms with E-state index in [9.17, 15) is 0 Å². The molecule has 0 amide bonds. The summed E-state index contributed by atoms with van der Waals surface area (Å²) in [5.41, 5.74) is 0. The minimum absolute atomic E-state index is 0.664. The maximum absolute atomic E-state index is 8.63. The lowest BCUT2D eigenvalue weighted by Gasteiger charge is -2.31. The summed E-state index contributed by atoms with van der Waals surface area (Å²) in [7, 11) is 0. The number of likely N-dealkylation sites (tertiary alicyclic amines) is 1. The van der Waals surface area contributed by atoms with Gasteiger partial charge in [0.05, 0.1) is 6.07 Å². The van der Waals surface area contributed by atoms with Crippen molar-refractivity contribution in [3.05, 3.63) is 0 Å². The van der Waals surface area contributed by atoms with Crippen molar-refractivity contribution in [2.24, 2.45) is 11.8 Å². The molecule has 1 aliphatic carbocycles. The van der Waals surface area contributed by atoms with E-state index in [1.807, 2.05) is 0 Å². The summed E-state index contributed by atoms with van der Waals surface area (Å²) < 4.78 is 0. The minimum atomic E-state index is 0.664. The zero-order valence-corrected chi connectivity index (χ0v) is 8.21. The molecule has 2 fully saturated rings. The lowest BCUT2D eigenvalue weighted by molar-refractivity contribution is 0.170. The van der Waals surface area contributed by atoms with Crippen LogP contribution in [0.1, 0.15) is 32.1 Å². The summed E-state index contributed by atoms with van der Waals surface area (Å²) in [6.45, 7) is 3.77. The van der Waals surface area contributed by atoms with Gasteiger partial charge in [0, 0.05) is 19.5 Å². The van der Waals surface area contributed by atoms with Crippen molar-refractivity contribution in [1.82, 2.24) is 4.90 Å². The van der Waals surface area contributed by atoms with Gasteiger partial charge >= 0.3 is 0 Å². The quantitative estimate of drug-likeness (QED) is 0.661. The van der Waals surface area contributed by atoms with E-state index in [0.29, 0.717) is 5.92 Å². The summed E-state index contributed by atoms with van der Waals surface area (Å²) in [4.78, 5) is 2.57. The number of hydrogen-bond acceptors (Lipinski definition) is 2. The van der Waals surface area contributed by atoms with Gasteiger partial charge in [-0.15, -0.1) is 0 Å². The lowest BCUT2D eigenvalue weighted by Crippen LogP contribution is -2.36. The lowest BCUT2D eigenvalue weighted by atomic mass is 9.95. The van der Waals surface area contributed by atoms with Crippen LogP contribution < -0.4 is 0 Å². The predicted molar refractivity (Wildman–Crippen MR) is 52.1 cm³/mol. The molecule has 2 rings (SSSR count). The monoisotopic (exact) mass is 178 g/mol. The fourth-order valence-corrected chi connectivity index (χ4v) is 2.28. The highest BCUT2D eigenvalue weighted by Crippen LogP contribution is 2.31. The first-order valence-corrected chi connectivity index (χ1v) is 5.48. The van der Waals surface area contributed by atoms with E-state index in [2.05, 4.69) is 11.0 Å². The van der Waals surface area contributed by atoms with Crippen LogP contribution in [0, 0.1) is 23.2 Å². The van der Waals surface area contributed by atoms with Crippen LogP contribution in [0.25, 0.3) is 0 Å². The molecule has 0 radical (unpaired) electrons. The Morgan fingerprint density at radius 3 is 2.77 bits per heavy atom. The van der Waals surface area contributed by atoms with Crippen molar-refractivity contribution < 1.29 is 0 Å². The third-order valence-corrected chi connectivity index (χ3v) is 3.20. The highest BCUT2D eigenvalue weighted by atomic mass is 15.1. The van der Waals surface area contributed by atoms with Crippen LogP contribution in [0.4, 0.5) is 0 Å². The minimum Gasteiger partial charge on any atom is -0.303 e. The highest BCUT2D eigenvalue weighted by molar-refractivity contribution is 4.84. The molecule has 1 unspecified atom stereocenters. The van der Waals surface area contributed by atoms with Gasteiger partial charge in [-0.05, 0) is 44.1 Å². The Morgan fingerprint density at radius 1 is 1.23 bits per heavy atom. The van der Waals surface area contributed by atoms with Gasteiger partial charge in [0.1, 0.15) is 0 Å². The molecule has 2 aliphatic rings. The molecular weight excluding hydrogens is 160 g/mol. The first kappa shape index (κ1) is 9.02. The predicted octanol–water partition coefficient (Wildman–Crippen LogP) is 2.02. The molecule has 13 heavy (non-hydrogen) atoms. The number of nitrogens with zero attached hydrogens (tertiary/aromatic N) is 2. The van der Waals surface area contributed by atoms with E-state index < -0.39 is 0 Å². The van der Waals surface area contributed by atoms with E-state index >= 15 is 0 Å². The first-order chi connectivity index (χ1) is 6.38. The first-order valence-electron chi connectivity index (χ1n) is 5.48. The van der Waals surface area contributed by atoms with Crippen LogP contribution in [-0.4, -0.2) is 24.5 Å². The molecule has 1 heterocycles. The smallest absolute Gasteiger partial charge is 0.0625 e. The average molecular weight is 178 g/mol. The zero-order valence-electron chi connectivity index (χ0n) is 8.21. The second-order valence-electron chi connectivity index (χ2n) is 4.57. The number of piperidine rings is 1. The summed E-state index contributed by atoms with van der Waals surface area (Å²) in [5.74, 6) is 1.67. The largest absolute Gasteiger partial charge is 0.303 e. The Morgan fingerprint density at radius 2 is 2.08 bits per heavy atom. The highest BCUT2D eigenvalue weighted by Gasteiger charge is 2.27. The van der Waals surface area contributed by atoms with Crippen LogP contribution in [0.15, 0.2) is 0 Å². The summed E-state index contributed by atoms with van der Waals surface area (Å²) in [6.07, 6.45) is 6.23. The van der Waals surface area contributed by atoms with Crippen molar-refractivity contribution in [2.75, 3.05) is 19.6 Å². The summed E-state index contributed by atoms with van der Waals surface area (Å²) in [5, 5.41) is 8.63. The SMILES string of the molecule is N#CCC1CCCN(CC2CC2)C1. The maximum Gasteiger partial charge on any atom is 0.0625 e. The second-order valence-corrected chi connectivity index (χ2v) is 4.57. The van der Waals surface area contributed by atoms with Gasteiger partial charge in [-0.2, -0.15) is 5.26 Å². The molecule has 72 valence electrons. The van der Waals surface area contributed by atoms with Gasteiger partial charge in [-0.3, -0.25) is 0 Å². The molecule has 0 aromatic rings. The molecule has 0 aromatic heterocycles. The molecule has 2 nitrogen and oxygen atoms in total. The van der Waals surface area contributed by atoms with Crippen molar-refractivity contribution in [3.8, 4) is 6.07 Å². The van der Waals surface area contributed by atoms with Gasteiger partial charge in [0.15, 0.2) is 0 Å².